The van der Waals surface area contributed by atoms with Gasteiger partial charge in [-0.15, -0.1) is 10.2 Å². The molecule has 0 aliphatic heterocycles. The van der Waals surface area contributed by atoms with E-state index in [2.05, 4.69) is 25.9 Å². The van der Waals surface area contributed by atoms with Crippen molar-refractivity contribution < 1.29 is 4.79 Å². The molecule has 0 aromatic carbocycles. The van der Waals surface area contributed by atoms with Gasteiger partial charge in [-0.3, -0.25) is 4.68 Å². The number of carbonyl (C=O) groups is 1. The molecule has 0 aliphatic rings. The Kier molecular flexibility index (Phi) is 4.34. The monoisotopic (exact) mass is 277 g/mol. The lowest BCUT2D eigenvalue weighted by atomic mass is 10.3. The second-order valence-corrected chi connectivity index (χ2v) is 4.77. The quantitative estimate of drug-likeness (QED) is 0.831. The fourth-order valence-corrected chi connectivity index (χ4v) is 1.95. The lowest BCUT2D eigenvalue weighted by Gasteiger charge is -2.17. The molecule has 2 heterocycles. The maximum Gasteiger partial charge on any atom is 0.315 e. The van der Waals surface area contributed by atoms with Crippen LogP contribution in [0.15, 0.2) is 24.8 Å². The normalized spacial score (nSPS) is 13.8. The van der Waals surface area contributed by atoms with Crippen LogP contribution in [0.3, 0.4) is 0 Å². The molecular weight excluding hydrogens is 258 g/mol. The molecule has 2 amide bonds. The number of urea groups is 1. The average Bonchev–Trinajstić information content (AvgIpc) is 2.99. The first-order chi connectivity index (χ1) is 9.56. The van der Waals surface area contributed by atoms with Gasteiger partial charge in [0.1, 0.15) is 6.33 Å². The van der Waals surface area contributed by atoms with Crippen LogP contribution in [-0.4, -0.2) is 36.6 Å². The molecule has 2 aromatic rings. The fourth-order valence-electron chi connectivity index (χ4n) is 1.95. The van der Waals surface area contributed by atoms with E-state index in [0.717, 1.165) is 0 Å². The molecule has 2 aromatic heterocycles. The van der Waals surface area contributed by atoms with E-state index in [1.165, 1.54) is 0 Å². The van der Waals surface area contributed by atoms with Crippen molar-refractivity contribution in [2.75, 3.05) is 0 Å². The topological polar surface area (TPSA) is 89.7 Å². The van der Waals surface area contributed by atoms with E-state index in [1.807, 2.05) is 33.2 Å². The van der Waals surface area contributed by atoms with Gasteiger partial charge in [-0.1, -0.05) is 0 Å². The largest absolute Gasteiger partial charge is 0.334 e. The van der Waals surface area contributed by atoms with Crippen LogP contribution in [0.1, 0.15) is 25.7 Å². The summed E-state index contributed by atoms with van der Waals surface area (Å²) < 4.78 is 3.55. The third kappa shape index (κ3) is 3.56. The van der Waals surface area contributed by atoms with Crippen molar-refractivity contribution in [1.29, 1.82) is 0 Å². The third-order valence-corrected chi connectivity index (χ3v) is 2.88. The predicted molar refractivity (Wildman–Crippen MR) is 72.8 cm³/mol. The zero-order valence-corrected chi connectivity index (χ0v) is 11.8. The Balaban J connectivity index is 1.81. The molecule has 2 rings (SSSR count). The molecule has 8 heteroatoms. The summed E-state index contributed by atoms with van der Waals surface area (Å²) in [6.07, 6.45) is 5.17. The summed E-state index contributed by atoms with van der Waals surface area (Å²) in [5, 5.41) is 17.5. The van der Waals surface area contributed by atoms with Crippen molar-refractivity contribution in [2.24, 2.45) is 7.05 Å². The fraction of sp³-hybridized carbons (Fsp3) is 0.500. The third-order valence-electron chi connectivity index (χ3n) is 2.88. The Labute approximate surface area is 117 Å². The minimum Gasteiger partial charge on any atom is -0.334 e. The Hall–Kier alpha value is -2.38. The van der Waals surface area contributed by atoms with Crippen LogP contribution in [0.4, 0.5) is 4.79 Å². The summed E-state index contributed by atoms with van der Waals surface area (Å²) in [7, 11) is 1.84. The van der Waals surface area contributed by atoms with E-state index in [-0.39, 0.29) is 18.1 Å². The van der Waals surface area contributed by atoms with Gasteiger partial charge in [-0.05, 0) is 19.9 Å². The number of rotatable bonds is 5. The maximum atomic E-state index is 11.9. The van der Waals surface area contributed by atoms with E-state index < -0.39 is 0 Å². The van der Waals surface area contributed by atoms with Crippen molar-refractivity contribution in [3.8, 4) is 0 Å². The first kappa shape index (κ1) is 14.0. The van der Waals surface area contributed by atoms with Crippen LogP contribution in [0.25, 0.3) is 0 Å². The zero-order valence-electron chi connectivity index (χ0n) is 11.8. The van der Waals surface area contributed by atoms with E-state index in [0.29, 0.717) is 12.4 Å². The number of hydrogen-bond acceptors (Lipinski definition) is 4. The molecule has 0 bridgehead atoms. The standard InChI is InChI=1S/C12H19N7O/c1-9(7-19-6-4-5-14-19)15-12(20)16-10(2)11-17-13-8-18(11)3/h4-6,8-10H,7H2,1-3H3,(H2,15,16,20)/t9-,10+/m0/s1. The molecule has 0 saturated carbocycles. The number of carbonyl (C=O) groups excluding carboxylic acids is 1. The lowest BCUT2D eigenvalue weighted by molar-refractivity contribution is 0.232. The van der Waals surface area contributed by atoms with Crippen LogP contribution in [0, 0.1) is 0 Å². The van der Waals surface area contributed by atoms with E-state index in [1.54, 1.807) is 21.8 Å². The van der Waals surface area contributed by atoms with Crippen LogP contribution >= 0.6 is 0 Å². The highest BCUT2D eigenvalue weighted by Crippen LogP contribution is 2.06. The number of amides is 2. The van der Waals surface area contributed by atoms with Crippen molar-refractivity contribution in [3.05, 3.63) is 30.6 Å². The van der Waals surface area contributed by atoms with Crippen molar-refractivity contribution in [1.82, 2.24) is 35.2 Å². The first-order valence-corrected chi connectivity index (χ1v) is 6.44. The minimum atomic E-state index is -0.236. The lowest BCUT2D eigenvalue weighted by Crippen LogP contribution is -2.43. The van der Waals surface area contributed by atoms with E-state index >= 15 is 0 Å². The molecule has 20 heavy (non-hydrogen) atoms. The Bertz CT molecular complexity index is 548. The second-order valence-electron chi connectivity index (χ2n) is 4.77. The molecule has 108 valence electrons. The van der Waals surface area contributed by atoms with Crippen LogP contribution in [-0.2, 0) is 13.6 Å². The SMILES string of the molecule is C[C@@H](Cn1cccn1)NC(=O)N[C@H](C)c1nncn1C. The van der Waals surface area contributed by atoms with Gasteiger partial charge in [0.25, 0.3) is 0 Å². The van der Waals surface area contributed by atoms with Gasteiger partial charge in [-0.25, -0.2) is 4.79 Å². The maximum absolute atomic E-state index is 11.9. The number of nitrogens with one attached hydrogen (secondary N) is 2. The van der Waals surface area contributed by atoms with E-state index in [9.17, 15) is 4.79 Å². The first-order valence-electron chi connectivity index (χ1n) is 6.44. The molecule has 2 atom stereocenters. The van der Waals surface area contributed by atoms with Gasteiger partial charge in [0.15, 0.2) is 5.82 Å². The summed E-state index contributed by atoms with van der Waals surface area (Å²) in [5.41, 5.74) is 0. The number of hydrogen-bond donors (Lipinski definition) is 2. The van der Waals surface area contributed by atoms with E-state index in [4.69, 9.17) is 0 Å². The molecule has 0 aliphatic carbocycles. The summed E-state index contributed by atoms with van der Waals surface area (Å²) in [4.78, 5) is 11.9. The van der Waals surface area contributed by atoms with Gasteiger partial charge in [0.05, 0.1) is 12.6 Å². The van der Waals surface area contributed by atoms with Crippen molar-refractivity contribution >= 4 is 6.03 Å². The predicted octanol–water partition coefficient (Wildman–Crippen LogP) is 0.460. The summed E-state index contributed by atoms with van der Waals surface area (Å²) in [6, 6.07) is 1.38. The number of aromatic nitrogens is 5. The van der Waals surface area contributed by atoms with Crippen molar-refractivity contribution in [3.63, 3.8) is 0 Å². The average molecular weight is 277 g/mol. The second kappa shape index (κ2) is 6.18. The molecule has 2 N–H and O–H groups in total. The number of aryl methyl sites for hydroxylation is 1. The molecule has 0 spiro atoms. The van der Waals surface area contributed by atoms with Gasteiger partial charge < -0.3 is 15.2 Å². The highest BCUT2D eigenvalue weighted by atomic mass is 16.2. The molecular formula is C12H19N7O. The van der Waals surface area contributed by atoms with Gasteiger partial charge >= 0.3 is 6.03 Å². The Morgan fingerprint density at radius 1 is 1.40 bits per heavy atom. The molecule has 0 unspecified atom stereocenters. The highest BCUT2D eigenvalue weighted by molar-refractivity contribution is 5.74. The highest BCUT2D eigenvalue weighted by Gasteiger charge is 2.15. The van der Waals surface area contributed by atoms with Crippen LogP contribution in [0.2, 0.25) is 0 Å². The Morgan fingerprint density at radius 2 is 2.20 bits per heavy atom. The molecule has 0 saturated heterocycles. The minimum absolute atomic E-state index is 0.0263. The summed E-state index contributed by atoms with van der Waals surface area (Å²) >= 11 is 0. The Morgan fingerprint density at radius 3 is 2.80 bits per heavy atom. The van der Waals surface area contributed by atoms with Crippen molar-refractivity contribution in [2.45, 2.75) is 32.5 Å². The van der Waals surface area contributed by atoms with Crippen LogP contribution in [0.5, 0.6) is 0 Å². The molecule has 0 radical (unpaired) electrons. The number of nitrogens with zero attached hydrogens (tertiary/aromatic N) is 5. The van der Waals surface area contributed by atoms with Gasteiger partial charge in [0, 0.05) is 25.5 Å². The van der Waals surface area contributed by atoms with Crippen LogP contribution < -0.4 is 10.6 Å². The summed E-state index contributed by atoms with van der Waals surface area (Å²) in [5.74, 6) is 0.708. The van der Waals surface area contributed by atoms with Gasteiger partial charge in [-0.2, -0.15) is 5.10 Å². The summed E-state index contributed by atoms with van der Waals surface area (Å²) in [6.45, 7) is 4.41. The zero-order chi connectivity index (χ0) is 14.5. The molecule has 8 nitrogen and oxygen atoms in total. The smallest absolute Gasteiger partial charge is 0.315 e. The van der Waals surface area contributed by atoms with Gasteiger partial charge in [0.2, 0.25) is 0 Å². The molecule has 0 fully saturated rings.